The monoisotopic (exact) mass is 462 g/mol. The number of rotatable bonds is 4. The van der Waals surface area contributed by atoms with Crippen LogP contribution in [0.25, 0.3) is 5.65 Å². The van der Waals surface area contributed by atoms with E-state index in [0.29, 0.717) is 23.9 Å². The molecule has 7 nitrogen and oxygen atoms in total. The lowest BCUT2D eigenvalue weighted by Crippen LogP contribution is -2.62. The van der Waals surface area contributed by atoms with Crippen LogP contribution in [-0.4, -0.2) is 37.4 Å². The number of pyridine rings is 1. The molecule has 0 spiro atoms. The summed E-state index contributed by atoms with van der Waals surface area (Å²) in [5, 5.41) is 16.9. The molecule has 2 amide bonds. The fourth-order valence-electron chi connectivity index (χ4n) is 6.87. The first-order valence-electron chi connectivity index (χ1n) is 11.8. The van der Waals surface area contributed by atoms with E-state index in [-0.39, 0.29) is 28.8 Å². The number of aliphatic hydroxyl groups is 1. The van der Waals surface area contributed by atoms with Gasteiger partial charge >= 0.3 is 0 Å². The number of fused-ring (bicyclic) bond motifs is 2. The van der Waals surface area contributed by atoms with Gasteiger partial charge in [0, 0.05) is 17.3 Å². The van der Waals surface area contributed by atoms with Gasteiger partial charge in [0.05, 0.1) is 17.5 Å². The molecule has 1 aromatic carbocycles. The second-order valence-corrected chi connectivity index (χ2v) is 10.6. The fraction of sp³-hybridized carbons (Fsp3) is 0.423. The molecule has 2 heterocycles. The van der Waals surface area contributed by atoms with Crippen molar-refractivity contribution in [2.24, 2.45) is 17.8 Å². The number of hydrogen-bond donors (Lipinski definition) is 3. The molecule has 0 saturated heterocycles. The molecule has 3 fully saturated rings. The number of nitrogens with zero attached hydrogens (tertiary/aromatic N) is 2. The van der Waals surface area contributed by atoms with Gasteiger partial charge in [-0.15, -0.1) is 0 Å². The van der Waals surface area contributed by atoms with Crippen LogP contribution in [0.5, 0.6) is 0 Å². The van der Waals surface area contributed by atoms with Gasteiger partial charge in [0.1, 0.15) is 17.2 Å². The summed E-state index contributed by atoms with van der Waals surface area (Å²) in [6.07, 6.45) is 7.15. The third-order valence-corrected chi connectivity index (χ3v) is 8.07. The number of carbonyl (C=O) groups is 2. The summed E-state index contributed by atoms with van der Waals surface area (Å²) in [5.41, 5.74) is -0.0491. The quantitative estimate of drug-likeness (QED) is 0.550. The average molecular weight is 463 g/mol. The van der Waals surface area contributed by atoms with Crippen LogP contribution in [0.1, 0.15) is 59.9 Å². The minimum absolute atomic E-state index is 0.0677. The van der Waals surface area contributed by atoms with Crippen molar-refractivity contribution in [2.45, 2.75) is 50.2 Å². The van der Waals surface area contributed by atoms with Crippen molar-refractivity contribution in [2.75, 3.05) is 5.32 Å². The number of anilines is 1. The molecule has 0 radical (unpaired) electrons. The summed E-state index contributed by atoms with van der Waals surface area (Å²) in [4.78, 5) is 30.2. The van der Waals surface area contributed by atoms with Crippen molar-refractivity contribution in [3.8, 4) is 0 Å². The van der Waals surface area contributed by atoms with E-state index in [0.717, 1.165) is 25.7 Å². The van der Waals surface area contributed by atoms with Crippen molar-refractivity contribution >= 4 is 23.1 Å². The number of amides is 2. The molecule has 8 heteroatoms. The Morgan fingerprint density at radius 3 is 2.88 bits per heavy atom. The first-order valence-corrected chi connectivity index (χ1v) is 11.8. The Kier molecular flexibility index (Phi) is 4.61. The number of carbonyl (C=O) groups excluding carboxylic acids is 2. The molecule has 3 unspecified atom stereocenters. The highest BCUT2D eigenvalue weighted by molar-refractivity contribution is 6.04. The maximum Gasteiger partial charge on any atom is 0.274 e. The zero-order chi connectivity index (χ0) is 23.7. The van der Waals surface area contributed by atoms with Gasteiger partial charge in [0.25, 0.3) is 11.8 Å². The molecule has 0 aliphatic heterocycles. The van der Waals surface area contributed by atoms with Crippen LogP contribution in [-0.2, 0) is 0 Å². The summed E-state index contributed by atoms with van der Waals surface area (Å²) in [7, 11) is 0. The SMILES string of the molecule is C[C@@H]1C[C@@H]2CC3(NC(=O)c4ccc(F)c(NC(=O)c5cnc6ccccn56)c4)CC(O)(CC23)C1. The van der Waals surface area contributed by atoms with E-state index >= 15 is 0 Å². The smallest absolute Gasteiger partial charge is 0.274 e. The summed E-state index contributed by atoms with van der Waals surface area (Å²) in [5.74, 6) is -0.164. The largest absolute Gasteiger partial charge is 0.390 e. The predicted octanol–water partition coefficient (Wildman–Crippen LogP) is 3.79. The Labute approximate surface area is 196 Å². The first-order chi connectivity index (χ1) is 16.3. The van der Waals surface area contributed by atoms with Crippen molar-refractivity contribution in [1.29, 1.82) is 0 Å². The van der Waals surface area contributed by atoms with Crippen LogP contribution in [0.2, 0.25) is 0 Å². The number of halogens is 1. The van der Waals surface area contributed by atoms with Gasteiger partial charge in [-0.2, -0.15) is 0 Å². The fourth-order valence-corrected chi connectivity index (χ4v) is 6.87. The van der Waals surface area contributed by atoms with Crippen LogP contribution in [0.15, 0.2) is 48.8 Å². The van der Waals surface area contributed by atoms with Gasteiger partial charge in [-0.1, -0.05) is 13.0 Å². The van der Waals surface area contributed by atoms with Crippen molar-refractivity contribution in [3.63, 3.8) is 0 Å². The van der Waals surface area contributed by atoms with E-state index in [1.54, 1.807) is 22.7 Å². The van der Waals surface area contributed by atoms with E-state index in [1.165, 1.54) is 24.4 Å². The Balaban J connectivity index is 1.21. The van der Waals surface area contributed by atoms with Crippen LogP contribution in [0.4, 0.5) is 10.1 Å². The standard InChI is InChI=1S/C26H27FN4O3/c1-15-8-17-11-26(14-25(34,10-15)12-18(17)26)30-23(32)16-5-6-19(27)20(9-16)29-24(33)21-13-28-22-4-2-3-7-31(21)22/h2-7,9,13,15,17-18,34H,8,10-12,14H2,1H3,(H,29,33)(H,30,32)/t15-,17-,18?,25?,26?/m1/s1. The lowest BCUT2D eigenvalue weighted by molar-refractivity contribution is -0.0102. The Bertz CT molecular complexity index is 1320. The summed E-state index contributed by atoms with van der Waals surface area (Å²) < 4.78 is 16.2. The highest BCUT2D eigenvalue weighted by atomic mass is 19.1. The molecular formula is C26H27FN4O3. The first kappa shape index (κ1) is 21.3. The summed E-state index contributed by atoms with van der Waals surface area (Å²) in [6, 6.07) is 9.33. The summed E-state index contributed by atoms with van der Waals surface area (Å²) in [6.45, 7) is 2.19. The molecule has 3 saturated carbocycles. The van der Waals surface area contributed by atoms with Gasteiger partial charge in [0.2, 0.25) is 0 Å². The molecule has 3 N–H and O–H groups in total. The molecule has 3 aliphatic rings. The molecule has 2 aromatic heterocycles. The van der Waals surface area contributed by atoms with Crippen LogP contribution in [0.3, 0.4) is 0 Å². The highest BCUT2D eigenvalue weighted by Crippen LogP contribution is 2.63. The van der Waals surface area contributed by atoms with Crippen LogP contribution < -0.4 is 10.6 Å². The number of aromatic nitrogens is 2. The topological polar surface area (TPSA) is 95.7 Å². The third-order valence-electron chi connectivity index (χ3n) is 8.07. The molecule has 3 aliphatic carbocycles. The molecule has 176 valence electrons. The second-order valence-electron chi connectivity index (χ2n) is 10.6. The summed E-state index contributed by atoms with van der Waals surface area (Å²) >= 11 is 0. The predicted molar refractivity (Wildman–Crippen MR) is 124 cm³/mol. The van der Waals surface area contributed by atoms with Gasteiger partial charge < -0.3 is 15.7 Å². The molecule has 3 aromatic rings. The minimum Gasteiger partial charge on any atom is -0.390 e. The Hall–Kier alpha value is -3.26. The van der Waals surface area contributed by atoms with E-state index in [2.05, 4.69) is 22.5 Å². The maximum absolute atomic E-state index is 14.5. The van der Waals surface area contributed by atoms with Crippen molar-refractivity contribution in [1.82, 2.24) is 14.7 Å². The maximum atomic E-state index is 14.5. The van der Waals surface area contributed by atoms with E-state index in [9.17, 15) is 19.1 Å². The molecule has 2 bridgehead atoms. The number of benzene rings is 1. The second kappa shape index (κ2) is 7.37. The molecule has 5 atom stereocenters. The molecule has 6 rings (SSSR count). The van der Waals surface area contributed by atoms with E-state index < -0.39 is 22.9 Å². The van der Waals surface area contributed by atoms with Crippen LogP contribution >= 0.6 is 0 Å². The average Bonchev–Trinajstić information content (AvgIpc) is 3.27. The van der Waals surface area contributed by atoms with Crippen molar-refractivity contribution in [3.05, 3.63) is 65.9 Å². The van der Waals surface area contributed by atoms with Gasteiger partial charge in [-0.3, -0.25) is 14.0 Å². The Morgan fingerprint density at radius 1 is 1.18 bits per heavy atom. The third kappa shape index (κ3) is 3.31. The zero-order valence-corrected chi connectivity index (χ0v) is 18.9. The van der Waals surface area contributed by atoms with E-state index in [4.69, 9.17) is 0 Å². The minimum atomic E-state index is -0.724. The van der Waals surface area contributed by atoms with Crippen LogP contribution in [0, 0.1) is 23.6 Å². The van der Waals surface area contributed by atoms with Crippen molar-refractivity contribution < 1.29 is 19.1 Å². The van der Waals surface area contributed by atoms with Gasteiger partial charge in [0.15, 0.2) is 0 Å². The number of hydrogen-bond acceptors (Lipinski definition) is 4. The molecular weight excluding hydrogens is 435 g/mol. The lowest BCUT2D eigenvalue weighted by Gasteiger charge is -2.53. The number of imidazole rings is 1. The number of nitrogens with one attached hydrogen (secondary N) is 2. The van der Waals surface area contributed by atoms with Gasteiger partial charge in [-0.25, -0.2) is 9.37 Å². The highest BCUT2D eigenvalue weighted by Gasteiger charge is 2.65. The van der Waals surface area contributed by atoms with E-state index in [1.807, 2.05) is 6.07 Å². The normalized spacial score (nSPS) is 31.6. The Morgan fingerprint density at radius 2 is 2.03 bits per heavy atom. The van der Waals surface area contributed by atoms with Gasteiger partial charge in [-0.05, 0) is 80.2 Å². The zero-order valence-electron chi connectivity index (χ0n) is 18.9. The lowest BCUT2D eigenvalue weighted by atomic mass is 9.58. The molecule has 34 heavy (non-hydrogen) atoms.